The first-order valence-corrected chi connectivity index (χ1v) is 8.20. The second-order valence-corrected chi connectivity index (χ2v) is 5.98. The van der Waals surface area contributed by atoms with Gasteiger partial charge in [0, 0.05) is 10.9 Å². The summed E-state index contributed by atoms with van der Waals surface area (Å²) < 4.78 is 16.1. The van der Waals surface area contributed by atoms with E-state index >= 15 is 0 Å². The minimum absolute atomic E-state index is 0.00946. The topological polar surface area (TPSA) is 68.8 Å². The van der Waals surface area contributed by atoms with Gasteiger partial charge in [-0.1, -0.05) is 6.07 Å². The lowest BCUT2D eigenvalue weighted by Crippen LogP contribution is -2.38. The number of carbonyl (C=O) groups excluding carboxylic acids is 1. The number of rotatable bonds is 6. The average Bonchev–Trinajstić information content (AvgIpc) is 3.22. The van der Waals surface area contributed by atoms with Gasteiger partial charge >= 0.3 is 6.03 Å². The SMILES string of the molecule is CC(NC(=O)NCCOc1ccc2c(c1)OCO2)c1cccs1. The molecule has 1 aromatic heterocycles. The Labute approximate surface area is 138 Å². The van der Waals surface area contributed by atoms with Crippen LogP contribution in [0, 0.1) is 0 Å². The van der Waals surface area contributed by atoms with E-state index in [4.69, 9.17) is 14.2 Å². The third-order valence-electron chi connectivity index (χ3n) is 3.32. The van der Waals surface area contributed by atoms with E-state index in [1.807, 2.05) is 30.5 Å². The van der Waals surface area contributed by atoms with E-state index in [1.54, 1.807) is 23.5 Å². The highest BCUT2D eigenvalue weighted by Crippen LogP contribution is 2.34. The molecule has 1 aliphatic heterocycles. The fourth-order valence-electron chi connectivity index (χ4n) is 2.16. The van der Waals surface area contributed by atoms with Crippen LogP contribution in [0.2, 0.25) is 0 Å². The molecule has 3 rings (SSSR count). The molecule has 2 heterocycles. The van der Waals surface area contributed by atoms with Crippen molar-refractivity contribution in [1.29, 1.82) is 0 Å². The van der Waals surface area contributed by atoms with Crippen molar-refractivity contribution < 1.29 is 19.0 Å². The molecule has 0 saturated heterocycles. The van der Waals surface area contributed by atoms with E-state index in [1.165, 1.54) is 0 Å². The number of thiophene rings is 1. The van der Waals surface area contributed by atoms with Gasteiger partial charge in [-0.05, 0) is 30.5 Å². The van der Waals surface area contributed by atoms with Crippen molar-refractivity contribution in [2.75, 3.05) is 19.9 Å². The van der Waals surface area contributed by atoms with Crippen molar-refractivity contribution in [1.82, 2.24) is 10.6 Å². The number of fused-ring (bicyclic) bond motifs is 1. The maximum atomic E-state index is 11.8. The van der Waals surface area contributed by atoms with Crippen LogP contribution >= 0.6 is 11.3 Å². The molecule has 0 bridgehead atoms. The van der Waals surface area contributed by atoms with Crippen molar-refractivity contribution in [2.45, 2.75) is 13.0 Å². The number of urea groups is 1. The van der Waals surface area contributed by atoms with E-state index in [-0.39, 0.29) is 18.9 Å². The average molecular weight is 334 g/mol. The van der Waals surface area contributed by atoms with Gasteiger partial charge in [-0.2, -0.15) is 0 Å². The molecule has 6 nitrogen and oxygen atoms in total. The van der Waals surface area contributed by atoms with Crippen LogP contribution in [0.5, 0.6) is 17.2 Å². The molecule has 1 atom stereocenters. The maximum absolute atomic E-state index is 11.8. The van der Waals surface area contributed by atoms with E-state index < -0.39 is 0 Å². The molecule has 2 aromatic rings. The molecule has 0 saturated carbocycles. The number of hydrogen-bond donors (Lipinski definition) is 2. The minimum Gasteiger partial charge on any atom is -0.492 e. The van der Waals surface area contributed by atoms with Crippen LogP contribution in [0.4, 0.5) is 4.79 Å². The maximum Gasteiger partial charge on any atom is 0.315 e. The summed E-state index contributed by atoms with van der Waals surface area (Å²) in [5.74, 6) is 2.08. The summed E-state index contributed by atoms with van der Waals surface area (Å²) in [5.41, 5.74) is 0. The van der Waals surface area contributed by atoms with Crippen LogP contribution in [0.25, 0.3) is 0 Å². The number of amides is 2. The molecule has 1 aromatic carbocycles. The van der Waals surface area contributed by atoms with Crippen molar-refractivity contribution in [3.8, 4) is 17.2 Å². The number of benzene rings is 1. The third-order valence-corrected chi connectivity index (χ3v) is 4.37. The standard InChI is InChI=1S/C16H18N2O4S/c1-11(15-3-2-8-23-15)18-16(19)17-6-7-20-12-4-5-13-14(9-12)22-10-21-13/h2-5,8-9,11H,6-7,10H2,1H3,(H2,17,18,19). The van der Waals surface area contributed by atoms with Gasteiger partial charge in [-0.3, -0.25) is 0 Å². The highest BCUT2D eigenvalue weighted by Gasteiger charge is 2.13. The van der Waals surface area contributed by atoms with Gasteiger partial charge in [0.1, 0.15) is 12.4 Å². The first-order chi connectivity index (χ1) is 11.2. The van der Waals surface area contributed by atoms with Crippen LogP contribution in [0.1, 0.15) is 17.8 Å². The summed E-state index contributed by atoms with van der Waals surface area (Å²) in [6, 6.07) is 9.15. The van der Waals surface area contributed by atoms with E-state index in [0.717, 1.165) is 10.6 Å². The first-order valence-electron chi connectivity index (χ1n) is 7.32. The number of ether oxygens (including phenoxy) is 3. The van der Waals surface area contributed by atoms with Gasteiger partial charge in [-0.15, -0.1) is 11.3 Å². The second-order valence-electron chi connectivity index (χ2n) is 5.00. The van der Waals surface area contributed by atoms with Gasteiger partial charge in [-0.25, -0.2) is 4.79 Å². The third kappa shape index (κ3) is 4.07. The largest absolute Gasteiger partial charge is 0.492 e. The van der Waals surface area contributed by atoms with Gasteiger partial charge < -0.3 is 24.8 Å². The zero-order valence-electron chi connectivity index (χ0n) is 12.7. The zero-order chi connectivity index (χ0) is 16.1. The summed E-state index contributed by atoms with van der Waals surface area (Å²) in [4.78, 5) is 12.9. The predicted molar refractivity (Wildman–Crippen MR) is 87.3 cm³/mol. The van der Waals surface area contributed by atoms with Crippen molar-refractivity contribution >= 4 is 17.4 Å². The molecular weight excluding hydrogens is 316 g/mol. The molecule has 2 amide bonds. The lowest BCUT2D eigenvalue weighted by molar-refractivity contribution is 0.173. The van der Waals surface area contributed by atoms with Crippen LogP contribution in [-0.2, 0) is 0 Å². The minimum atomic E-state index is -0.208. The highest BCUT2D eigenvalue weighted by atomic mass is 32.1. The van der Waals surface area contributed by atoms with Crippen LogP contribution in [0.15, 0.2) is 35.7 Å². The predicted octanol–water partition coefficient (Wildman–Crippen LogP) is 2.92. The fourth-order valence-corrected chi connectivity index (χ4v) is 2.89. The summed E-state index contributed by atoms with van der Waals surface area (Å²) in [5, 5.41) is 7.65. The lowest BCUT2D eigenvalue weighted by Gasteiger charge is -2.13. The smallest absolute Gasteiger partial charge is 0.315 e. The Hall–Kier alpha value is -2.41. The Balaban J connectivity index is 1.37. The Morgan fingerprint density at radius 1 is 1.35 bits per heavy atom. The van der Waals surface area contributed by atoms with E-state index in [0.29, 0.717) is 24.7 Å². The van der Waals surface area contributed by atoms with Gasteiger partial charge in [0.2, 0.25) is 6.79 Å². The number of carbonyl (C=O) groups is 1. The molecule has 0 fully saturated rings. The second kappa shape index (κ2) is 7.23. The summed E-state index contributed by atoms with van der Waals surface area (Å²) in [7, 11) is 0. The van der Waals surface area contributed by atoms with Crippen molar-refractivity contribution in [3.05, 3.63) is 40.6 Å². The quantitative estimate of drug-likeness (QED) is 0.797. The molecule has 2 N–H and O–H groups in total. The molecule has 0 aliphatic carbocycles. The highest BCUT2D eigenvalue weighted by molar-refractivity contribution is 7.10. The zero-order valence-corrected chi connectivity index (χ0v) is 13.5. The van der Waals surface area contributed by atoms with Crippen LogP contribution < -0.4 is 24.8 Å². The number of hydrogen-bond acceptors (Lipinski definition) is 5. The van der Waals surface area contributed by atoms with Crippen molar-refractivity contribution in [2.24, 2.45) is 0 Å². The Morgan fingerprint density at radius 2 is 2.22 bits per heavy atom. The Kier molecular flexibility index (Phi) is 4.87. The summed E-state index contributed by atoms with van der Waals surface area (Å²) in [6.45, 7) is 2.98. The number of nitrogens with one attached hydrogen (secondary N) is 2. The first kappa shape index (κ1) is 15.5. The Bertz CT molecular complexity index is 660. The summed E-state index contributed by atoms with van der Waals surface area (Å²) in [6.07, 6.45) is 0. The monoisotopic (exact) mass is 334 g/mol. The molecule has 7 heteroatoms. The van der Waals surface area contributed by atoms with Gasteiger partial charge in [0.15, 0.2) is 11.5 Å². The molecule has 0 radical (unpaired) electrons. The van der Waals surface area contributed by atoms with Crippen LogP contribution in [-0.4, -0.2) is 26.0 Å². The molecule has 1 aliphatic rings. The van der Waals surface area contributed by atoms with Crippen molar-refractivity contribution in [3.63, 3.8) is 0 Å². The summed E-state index contributed by atoms with van der Waals surface area (Å²) >= 11 is 1.62. The molecule has 122 valence electrons. The lowest BCUT2D eigenvalue weighted by atomic mass is 10.3. The molecular formula is C16H18N2O4S. The molecule has 23 heavy (non-hydrogen) atoms. The normalized spacial score (nSPS) is 13.4. The molecule has 1 unspecified atom stereocenters. The Morgan fingerprint density at radius 3 is 3.04 bits per heavy atom. The van der Waals surface area contributed by atoms with E-state index in [9.17, 15) is 4.79 Å². The fraction of sp³-hybridized carbons (Fsp3) is 0.312. The van der Waals surface area contributed by atoms with Gasteiger partial charge in [0.05, 0.1) is 12.6 Å². The van der Waals surface area contributed by atoms with Gasteiger partial charge in [0.25, 0.3) is 0 Å². The van der Waals surface area contributed by atoms with Crippen LogP contribution in [0.3, 0.4) is 0 Å². The van der Waals surface area contributed by atoms with E-state index in [2.05, 4.69) is 10.6 Å². The molecule has 0 spiro atoms.